The summed E-state index contributed by atoms with van der Waals surface area (Å²) in [5.41, 5.74) is -0.147. The van der Waals surface area contributed by atoms with Gasteiger partial charge in [-0.1, -0.05) is 38.4 Å². The molecule has 0 aliphatic rings. The highest BCUT2D eigenvalue weighted by Crippen LogP contribution is 2.16. The van der Waals surface area contributed by atoms with Gasteiger partial charge in [0, 0.05) is 22.3 Å². The molecule has 0 aromatic heterocycles. The fourth-order valence-electron chi connectivity index (χ4n) is 2.67. The maximum Gasteiger partial charge on any atom is 0.339 e. The molecule has 12 heteroatoms. The molecule has 226 valence electrons. The molecule has 0 heterocycles. The smallest absolute Gasteiger partial charge is 0.339 e. The van der Waals surface area contributed by atoms with Gasteiger partial charge in [-0.3, -0.25) is 0 Å². The molecule has 0 N–H and O–H groups in total. The summed E-state index contributed by atoms with van der Waals surface area (Å²) in [6.07, 6.45) is -2.52. The number of carbonyl (C=O) groups is 6. The first-order valence-electron chi connectivity index (χ1n) is 12.5. The Labute approximate surface area is 243 Å². The molecular formula is C30H34O12. The highest BCUT2D eigenvalue weighted by molar-refractivity contribution is 6.03. The van der Waals surface area contributed by atoms with Crippen molar-refractivity contribution in [2.75, 3.05) is 26.4 Å². The summed E-state index contributed by atoms with van der Waals surface area (Å²) in [6, 6.07) is 5.44. The van der Waals surface area contributed by atoms with Crippen LogP contribution in [-0.4, -0.2) is 74.5 Å². The molecule has 0 radical (unpaired) electrons. The Balaban J connectivity index is 3.15. The van der Waals surface area contributed by atoms with Crippen molar-refractivity contribution in [3.63, 3.8) is 0 Å². The lowest BCUT2D eigenvalue weighted by molar-refractivity contribution is -0.149. The number of hydrogen-bond donors (Lipinski definition) is 0. The topological polar surface area (TPSA) is 158 Å². The third-order valence-electron chi connectivity index (χ3n) is 4.91. The Kier molecular flexibility index (Phi) is 14.1. The van der Waals surface area contributed by atoms with Gasteiger partial charge in [0.15, 0.2) is 12.2 Å². The first-order chi connectivity index (χ1) is 19.6. The van der Waals surface area contributed by atoms with Gasteiger partial charge in [-0.2, -0.15) is 0 Å². The van der Waals surface area contributed by atoms with Crippen LogP contribution in [0.2, 0.25) is 0 Å². The second-order valence-corrected chi connectivity index (χ2v) is 9.12. The summed E-state index contributed by atoms with van der Waals surface area (Å²) in [6.45, 7) is 17.6. The van der Waals surface area contributed by atoms with E-state index in [2.05, 4.69) is 26.3 Å². The summed E-state index contributed by atoms with van der Waals surface area (Å²) in [4.78, 5) is 73.6. The number of esters is 6. The zero-order valence-electron chi connectivity index (χ0n) is 24.0. The van der Waals surface area contributed by atoms with Gasteiger partial charge in [0.1, 0.15) is 26.4 Å². The van der Waals surface area contributed by atoms with Crippen molar-refractivity contribution in [1.29, 1.82) is 0 Å². The zero-order chi connectivity index (χ0) is 32.0. The highest BCUT2D eigenvalue weighted by Gasteiger charge is 2.27. The first kappa shape index (κ1) is 35.0. The molecule has 0 saturated heterocycles. The molecule has 0 spiro atoms. The monoisotopic (exact) mass is 586 g/mol. The average molecular weight is 587 g/mol. The van der Waals surface area contributed by atoms with E-state index in [0.29, 0.717) is 0 Å². The van der Waals surface area contributed by atoms with Crippen molar-refractivity contribution < 1.29 is 57.2 Å². The lowest BCUT2D eigenvalue weighted by atomic mass is 10.1. The van der Waals surface area contributed by atoms with Gasteiger partial charge in [-0.05, 0) is 39.8 Å². The summed E-state index contributed by atoms with van der Waals surface area (Å²) < 4.78 is 30.9. The Hall–Kier alpha value is -5.00. The van der Waals surface area contributed by atoms with Gasteiger partial charge < -0.3 is 28.4 Å². The van der Waals surface area contributed by atoms with Gasteiger partial charge in [-0.25, -0.2) is 28.8 Å². The standard InChI is InChI=1S/C30H34O12/c1-17(2)25(31)37-13-21(14-38-26(32)18(3)4)41-29(35)23-11-9-10-12-24(23)30(36)42-22(15-39-27(33)19(5)6)16-40-28(34)20(7)8/h9-12,21-22H,1,3,5,7,13-16H2,2,4,6,8H3. The van der Waals surface area contributed by atoms with Gasteiger partial charge in [0.2, 0.25) is 0 Å². The average Bonchev–Trinajstić information content (AvgIpc) is 2.94. The number of hydrogen-bond acceptors (Lipinski definition) is 12. The van der Waals surface area contributed by atoms with E-state index in [-0.39, 0.29) is 33.4 Å². The van der Waals surface area contributed by atoms with E-state index in [1.165, 1.54) is 52.0 Å². The SMILES string of the molecule is C=C(C)C(=O)OCC(COC(=O)C(=C)C)OC(=O)c1ccccc1C(=O)OC(COC(=O)C(=C)C)COC(=O)C(=C)C. The molecule has 1 aromatic carbocycles. The Morgan fingerprint density at radius 2 is 0.762 bits per heavy atom. The minimum absolute atomic E-state index is 0.0875. The second-order valence-electron chi connectivity index (χ2n) is 9.12. The fraction of sp³-hybridized carbons (Fsp3) is 0.333. The molecule has 42 heavy (non-hydrogen) atoms. The summed E-state index contributed by atoms with van der Waals surface area (Å²) in [5.74, 6) is -5.14. The molecule has 1 rings (SSSR count). The summed E-state index contributed by atoms with van der Waals surface area (Å²) in [7, 11) is 0. The lowest BCUT2D eigenvalue weighted by Gasteiger charge is -2.20. The van der Waals surface area contributed by atoms with E-state index in [1.807, 2.05) is 0 Å². The van der Waals surface area contributed by atoms with Gasteiger partial charge in [-0.15, -0.1) is 0 Å². The molecule has 0 bridgehead atoms. The quantitative estimate of drug-likeness (QED) is 0.158. The van der Waals surface area contributed by atoms with Crippen molar-refractivity contribution >= 4 is 35.8 Å². The normalized spacial score (nSPS) is 10.2. The first-order valence-corrected chi connectivity index (χ1v) is 12.5. The number of ether oxygens (including phenoxy) is 6. The largest absolute Gasteiger partial charge is 0.458 e. The van der Waals surface area contributed by atoms with Crippen LogP contribution in [0.25, 0.3) is 0 Å². The minimum atomic E-state index is -1.26. The maximum absolute atomic E-state index is 13.1. The molecular weight excluding hydrogens is 552 g/mol. The van der Waals surface area contributed by atoms with Crippen LogP contribution < -0.4 is 0 Å². The molecule has 0 amide bonds. The Morgan fingerprint density at radius 1 is 0.524 bits per heavy atom. The molecule has 1 aromatic rings. The van der Waals surface area contributed by atoms with E-state index in [4.69, 9.17) is 28.4 Å². The predicted octanol–water partition coefficient (Wildman–Crippen LogP) is 3.21. The maximum atomic E-state index is 13.1. The van der Waals surface area contributed by atoms with Crippen molar-refractivity contribution in [3.05, 3.63) is 84.0 Å². The van der Waals surface area contributed by atoms with E-state index >= 15 is 0 Å². The summed E-state index contributed by atoms with van der Waals surface area (Å²) >= 11 is 0. The highest BCUT2D eigenvalue weighted by atomic mass is 16.6. The molecule has 0 unspecified atom stereocenters. The van der Waals surface area contributed by atoms with Crippen LogP contribution in [0.5, 0.6) is 0 Å². The summed E-state index contributed by atoms with van der Waals surface area (Å²) in [5, 5.41) is 0. The van der Waals surface area contributed by atoms with Crippen LogP contribution in [0.4, 0.5) is 0 Å². The molecule has 12 nitrogen and oxygen atoms in total. The van der Waals surface area contributed by atoms with Crippen molar-refractivity contribution in [3.8, 4) is 0 Å². The van der Waals surface area contributed by atoms with E-state index in [9.17, 15) is 28.8 Å². The van der Waals surface area contributed by atoms with E-state index in [1.54, 1.807) is 0 Å². The van der Waals surface area contributed by atoms with Crippen LogP contribution in [0.3, 0.4) is 0 Å². The number of carbonyl (C=O) groups excluding carboxylic acids is 6. The lowest BCUT2D eigenvalue weighted by Crippen LogP contribution is -2.33. The van der Waals surface area contributed by atoms with Crippen molar-refractivity contribution in [2.45, 2.75) is 39.9 Å². The van der Waals surface area contributed by atoms with Crippen LogP contribution in [0, 0.1) is 0 Å². The van der Waals surface area contributed by atoms with Crippen LogP contribution in [0.15, 0.2) is 72.9 Å². The van der Waals surface area contributed by atoms with Gasteiger partial charge >= 0.3 is 35.8 Å². The number of benzene rings is 1. The minimum Gasteiger partial charge on any atom is -0.458 e. The second kappa shape index (κ2) is 17.0. The van der Waals surface area contributed by atoms with Crippen LogP contribution >= 0.6 is 0 Å². The molecule has 0 fully saturated rings. The zero-order valence-corrected chi connectivity index (χ0v) is 24.0. The Bertz CT molecular complexity index is 1120. The molecule has 0 saturated carbocycles. The third kappa shape index (κ3) is 12.0. The van der Waals surface area contributed by atoms with E-state index < -0.39 is 74.5 Å². The van der Waals surface area contributed by atoms with Crippen molar-refractivity contribution in [2.24, 2.45) is 0 Å². The number of rotatable bonds is 16. The van der Waals surface area contributed by atoms with Crippen molar-refractivity contribution in [1.82, 2.24) is 0 Å². The Morgan fingerprint density at radius 3 is 0.976 bits per heavy atom. The predicted molar refractivity (Wildman–Crippen MR) is 148 cm³/mol. The van der Waals surface area contributed by atoms with Crippen LogP contribution in [-0.2, 0) is 47.6 Å². The van der Waals surface area contributed by atoms with Crippen LogP contribution in [0.1, 0.15) is 48.4 Å². The van der Waals surface area contributed by atoms with Gasteiger partial charge in [0.05, 0.1) is 11.1 Å². The fourth-order valence-corrected chi connectivity index (χ4v) is 2.67. The molecule has 0 aliphatic carbocycles. The van der Waals surface area contributed by atoms with Gasteiger partial charge in [0.25, 0.3) is 0 Å². The van der Waals surface area contributed by atoms with E-state index in [0.717, 1.165) is 0 Å². The third-order valence-corrected chi connectivity index (χ3v) is 4.91. The molecule has 0 atom stereocenters. The molecule has 0 aliphatic heterocycles.